The monoisotopic (exact) mass is 526 g/mol. The van der Waals surface area contributed by atoms with E-state index >= 15 is 0 Å². The van der Waals surface area contributed by atoms with Crippen molar-refractivity contribution in [3.63, 3.8) is 0 Å². The number of hydrogen-bond donors (Lipinski definition) is 0. The second-order valence-electron chi connectivity index (χ2n) is 15.7. The predicted octanol–water partition coefficient (Wildman–Crippen LogP) is 7.07. The molecule has 0 amide bonds. The number of carbonyl (C=O) groups is 3. The van der Waals surface area contributed by atoms with Gasteiger partial charge in [0, 0.05) is 18.3 Å². The Labute approximate surface area is 229 Å². The number of hydrogen-bond acceptors (Lipinski definition) is 5. The van der Waals surface area contributed by atoms with Crippen LogP contribution in [-0.2, 0) is 23.9 Å². The average Bonchev–Trinajstić information content (AvgIpc) is 2.82. The van der Waals surface area contributed by atoms with Crippen molar-refractivity contribution >= 4 is 17.7 Å². The Morgan fingerprint density at radius 3 is 2.18 bits per heavy atom. The smallest absolute Gasteiger partial charge is 0.311 e. The zero-order chi connectivity index (χ0) is 28.1. The lowest BCUT2D eigenvalue weighted by molar-refractivity contribution is -0.210. The standard InChI is InChI=1S/C33H50O5/c1-20(34)38-25-11-12-31(6)24(28(25,2)3)10-13-33(8)26(31)23(35)18-21-22-19-30(5,27(36)37-9)15-14-29(22,4)16-17-32(21,33)7/h18,22,24-26H,10-17,19H2,1-9H3/t22-,24+,25+,26+,29-,30+,31+,32-,33-/m1/s1. The molecule has 5 nitrogen and oxygen atoms in total. The van der Waals surface area contributed by atoms with E-state index < -0.39 is 5.41 Å². The van der Waals surface area contributed by atoms with Crippen LogP contribution in [0.1, 0.15) is 113 Å². The second kappa shape index (κ2) is 8.43. The number of allylic oxidation sites excluding steroid dienone is 2. The molecule has 0 aromatic heterocycles. The van der Waals surface area contributed by atoms with Gasteiger partial charge < -0.3 is 9.47 Å². The van der Waals surface area contributed by atoms with E-state index in [0.29, 0.717) is 11.7 Å². The maximum Gasteiger partial charge on any atom is 0.311 e. The third-order valence-electron chi connectivity index (χ3n) is 13.5. The summed E-state index contributed by atoms with van der Waals surface area (Å²) in [7, 11) is 1.50. The largest absolute Gasteiger partial charge is 0.469 e. The summed E-state index contributed by atoms with van der Waals surface area (Å²) >= 11 is 0. The third-order valence-corrected chi connectivity index (χ3v) is 13.5. The summed E-state index contributed by atoms with van der Waals surface area (Å²) in [6, 6.07) is 0. The number of rotatable bonds is 2. The molecule has 0 heterocycles. The lowest BCUT2D eigenvalue weighted by Gasteiger charge is -2.70. The molecule has 0 bridgehead atoms. The highest BCUT2D eigenvalue weighted by Crippen LogP contribution is 2.75. The summed E-state index contributed by atoms with van der Waals surface area (Å²) in [4.78, 5) is 39.2. The Balaban J connectivity index is 1.57. The van der Waals surface area contributed by atoms with Gasteiger partial charge in [-0.25, -0.2) is 0 Å². The SMILES string of the molecule is COC(=O)[C@@]1(C)CC[C@]2(C)CC[C@]3(C)C(=CC(=O)[C@H]4[C@@]5(C)CC[C@H](OC(C)=O)C(C)(C)[C@@H]5CC[C@]43C)[C@H]2C1. The van der Waals surface area contributed by atoms with Crippen LogP contribution in [0.2, 0.25) is 0 Å². The molecule has 0 N–H and O–H groups in total. The maximum absolute atomic E-state index is 14.4. The molecule has 0 aromatic rings. The highest BCUT2D eigenvalue weighted by atomic mass is 16.5. The fourth-order valence-electron chi connectivity index (χ4n) is 11.0. The quantitative estimate of drug-likeness (QED) is 0.360. The zero-order valence-corrected chi connectivity index (χ0v) is 25.3. The van der Waals surface area contributed by atoms with Gasteiger partial charge in [-0.3, -0.25) is 14.4 Å². The van der Waals surface area contributed by atoms with E-state index in [1.807, 2.05) is 0 Å². The van der Waals surface area contributed by atoms with Crippen molar-refractivity contribution in [1.82, 2.24) is 0 Å². The molecule has 0 saturated heterocycles. The molecule has 5 heteroatoms. The normalized spacial score (nSPS) is 49.4. The Bertz CT molecular complexity index is 1090. The molecular formula is C33H50O5. The van der Waals surface area contributed by atoms with Crippen LogP contribution in [0.4, 0.5) is 0 Å². The molecule has 0 radical (unpaired) electrons. The van der Waals surface area contributed by atoms with Crippen LogP contribution < -0.4 is 0 Å². The van der Waals surface area contributed by atoms with E-state index in [9.17, 15) is 14.4 Å². The molecule has 4 saturated carbocycles. The van der Waals surface area contributed by atoms with Gasteiger partial charge >= 0.3 is 11.9 Å². The van der Waals surface area contributed by atoms with Crippen LogP contribution in [0.15, 0.2) is 11.6 Å². The van der Waals surface area contributed by atoms with Gasteiger partial charge in [0.05, 0.1) is 12.5 Å². The fraction of sp³-hybridized carbons (Fsp3) is 0.848. The Kier molecular flexibility index (Phi) is 6.19. The van der Waals surface area contributed by atoms with E-state index in [1.165, 1.54) is 19.6 Å². The van der Waals surface area contributed by atoms with Crippen LogP contribution in [0, 0.1) is 50.2 Å². The van der Waals surface area contributed by atoms with Gasteiger partial charge in [-0.2, -0.15) is 0 Å². The summed E-state index contributed by atoms with van der Waals surface area (Å²) in [5.74, 6) is 0.474. The van der Waals surface area contributed by atoms with Crippen LogP contribution in [-0.4, -0.2) is 30.9 Å². The van der Waals surface area contributed by atoms with Gasteiger partial charge in [0.15, 0.2) is 5.78 Å². The average molecular weight is 527 g/mol. The molecule has 38 heavy (non-hydrogen) atoms. The molecule has 0 aliphatic heterocycles. The van der Waals surface area contributed by atoms with Crippen molar-refractivity contribution in [3.05, 3.63) is 11.6 Å². The number of carbonyl (C=O) groups excluding carboxylic acids is 3. The molecule has 9 atom stereocenters. The van der Waals surface area contributed by atoms with Gasteiger partial charge in [0.25, 0.3) is 0 Å². The van der Waals surface area contributed by atoms with E-state index in [-0.39, 0.29) is 57.0 Å². The molecule has 5 aliphatic carbocycles. The first-order valence-electron chi connectivity index (χ1n) is 15.0. The van der Waals surface area contributed by atoms with Gasteiger partial charge in [-0.05, 0) is 104 Å². The maximum atomic E-state index is 14.4. The Morgan fingerprint density at radius 2 is 1.55 bits per heavy atom. The molecule has 5 rings (SSSR count). The predicted molar refractivity (Wildman–Crippen MR) is 147 cm³/mol. The first-order valence-corrected chi connectivity index (χ1v) is 15.0. The van der Waals surface area contributed by atoms with Crippen LogP contribution >= 0.6 is 0 Å². The Hall–Kier alpha value is -1.65. The minimum absolute atomic E-state index is 0.0417. The van der Waals surface area contributed by atoms with Gasteiger partial charge in [-0.1, -0.05) is 47.1 Å². The van der Waals surface area contributed by atoms with E-state index in [0.717, 1.165) is 57.8 Å². The van der Waals surface area contributed by atoms with Gasteiger partial charge in [-0.15, -0.1) is 0 Å². The van der Waals surface area contributed by atoms with Crippen molar-refractivity contribution < 1.29 is 23.9 Å². The molecule has 0 unspecified atom stereocenters. The van der Waals surface area contributed by atoms with Crippen molar-refractivity contribution in [3.8, 4) is 0 Å². The first kappa shape index (κ1) is 27.9. The number of esters is 2. The van der Waals surface area contributed by atoms with Gasteiger partial charge in [0.2, 0.25) is 0 Å². The topological polar surface area (TPSA) is 69.7 Å². The summed E-state index contributed by atoms with van der Waals surface area (Å²) < 4.78 is 11.1. The second-order valence-corrected chi connectivity index (χ2v) is 15.7. The Morgan fingerprint density at radius 1 is 0.895 bits per heavy atom. The molecule has 4 fully saturated rings. The highest BCUT2D eigenvalue weighted by Gasteiger charge is 2.70. The van der Waals surface area contributed by atoms with E-state index in [1.54, 1.807) is 0 Å². The van der Waals surface area contributed by atoms with Crippen LogP contribution in [0.25, 0.3) is 0 Å². The lowest BCUT2D eigenvalue weighted by Crippen LogP contribution is -2.66. The number of fused-ring (bicyclic) bond motifs is 7. The van der Waals surface area contributed by atoms with Crippen molar-refractivity contribution in [2.45, 2.75) is 119 Å². The fourth-order valence-corrected chi connectivity index (χ4v) is 11.0. The minimum Gasteiger partial charge on any atom is -0.469 e. The molecule has 0 spiro atoms. The molecule has 0 aromatic carbocycles. The van der Waals surface area contributed by atoms with E-state index in [2.05, 4.69) is 54.5 Å². The summed E-state index contributed by atoms with van der Waals surface area (Å²) in [6.45, 7) is 17.7. The number of ketones is 1. The zero-order valence-electron chi connectivity index (χ0n) is 25.3. The third kappa shape index (κ3) is 3.51. The van der Waals surface area contributed by atoms with Crippen LogP contribution in [0.3, 0.4) is 0 Å². The van der Waals surface area contributed by atoms with E-state index in [4.69, 9.17) is 9.47 Å². The highest BCUT2D eigenvalue weighted by molar-refractivity contribution is 5.95. The molecule has 5 aliphatic rings. The van der Waals surface area contributed by atoms with Crippen LogP contribution in [0.5, 0.6) is 0 Å². The van der Waals surface area contributed by atoms with Gasteiger partial charge in [0.1, 0.15) is 6.10 Å². The number of ether oxygens (including phenoxy) is 2. The lowest BCUT2D eigenvalue weighted by atomic mass is 9.33. The van der Waals surface area contributed by atoms with Crippen molar-refractivity contribution in [1.29, 1.82) is 0 Å². The van der Waals surface area contributed by atoms with Crippen molar-refractivity contribution in [2.24, 2.45) is 50.2 Å². The minimum atomic E-state index is -0.498. The first-order chi connectivity index (χ1) is 17.5. The molecular weight excluding hydrogens is 476 g/mol. The molecule has 212 valence electrons. The summed E-state index contributed by atoms with van der Waals surface area (Å²) in [5, 5.41) is 0. The number of methoxy groups -OCH3 is 1. The van der Waals surface area contributed by atoms with Crippen molar-refractivity contribution in [2.75, 3.05) is 7.11 Å². The summed E-state index contributed by atoms with van der Waals surface area (Å²) in [5.41, 5.74) is 0.416. The summed E-state index contributed by atoms with van der Waals surface area (Å²) in [6.07, 6.45) is 10.6.